The van der Waals surface area contributed by atoms with Crippen LogP contribution in [0.5, 0.6) is 0 Å². The molecule has 1 N–H and O–H groups in total. The summed E-state index contributed by atoms with van der Waals surface area (Å²) in [5, 5.41) is 3.52. The summed E-state index contributed by atoms with van der Waals surface area (Å²) in [7, 11) is 1.84. The highest BCUT2D eigenvalue weighted by atomic mass is 35.5. The van der Waals surface area contributed by atoms with Gasteiger partial charge in [0.25, 0.3) is 0 Å². The van der Waals surface area contributed by atoms with Gasteiger partial charge in [0.05, 0.1) is 0 Å². The smallest absolute Gasteiger partial charge is 0.160 e. The van der Waals surface area contributed by atoms with Crippen molar-refractivity contribution in [3.63, 3.8) is 0 Å². The highest BCUT2D eigenvalue weighted by Crippen LogP contribution is 2.49. The normalized spacial score (nSPS) is 23.6. The maximum Gasteiger partial charge on any atom is 0.160 e. The van der Waals surface area contributed by atoms with Crippen molar-refractivity contribution in [2.75, 3.05) is 7.05 Å². The fraction of sp³-hybridized carbons (Fsp3) is 0.600. The van der Waals surface area contributed by atoms with E-state index in [1.54, 1.807) is 0 Å². The third-order valence-electron chi connectivity index (χ3n) is 4.43. The highest BCUT2D eigenvalue weighted by molar-refractivity contribution is 6.31. The predicted octanol–water partition coefficient (Wildman–Crippen LogP) is 4.71. The first-order valence-electron chi connectivity index (χ1n) is 6.68. The van der Waals surface area contributed by atoms with E-state index in [0.29, 0.717) is 16.5 Å². The molecule has 0 aliphatic heterocycles. The van der Waals surface area contributed by atoms with Gasteiger partial charge in [0.1, 0.15) is 0 Å². The summed E-state index contributed by atoms with van der Waals surface area (Å²) in [5.74, 6) is -1.36. The molecule has 0 amide bonds. The highest BCUT2D eigenvalue weighted by Gasteiger charge is 2.40. The summed E-state index contributed by atoms with van der Waals surface area (Å²) >= 11 is 6.10. The Labute approximate surface area is 118 Å². The molecule has 1 aliphatic rings. The second-order valence-electron chi connectivity index (χ2n) is 6.04. The molecule has 1 fully saturated rings. The van der Waals surface area contributed by atoms with Crippen molar-refractivity contribution in [3.05, 3.63) is 34.4 Å². The molecule has 106 valence electrons. The maximum absolute atomic E-state index is 13.5. The van der Waals surface area contributed by atoms with Crippen molar-refractivity contribution in [1.29, 1.82) is 0 Å². The van der Waals surface area contributed by atoms with Crippen LogP contribution in [-0.4, -0.2) is 7.05 Å². The van der Waals surface area contributed by atoms with Crippen LogP contribution in [0.1, 0.15) is 44.7 Å². The fourth-order valence-electron chi connectivity index (χ4n) is 3.32. The first-order valence-corrected chi connectivity index (χ1v) is 7.06. The van der Waals surface area contributed by atoms with Gasteiger partial charge in [0.2, 0.25) is 0 Å². The number of benzene rings is 1. The van der Waals surface area contributed by atoms with Gasteiger partial charge in [-0.05, 0) is 48.9 Å². The summed E-state index contributed by atoms with van der Waals surface area (Å²) in [6.45, 7) is 4.45. The molecule has 4 heteroatoms. The Balaban J connectivity index is 2.40. The lowest BCUT2D eigenvalue weighted by atomic mass is 9.75. The molecule has 0 bridgehead atoms. The van der Waals surface area contributed by atoms with E-state index >= 15 is 0 Å². The second-order valence-corrected chi connectivity index (χ2v) is 6.45. The Morgan fingerprint density at radius 3 is 2.47 bits per heavy atom. The van der Waals surface area contributed by atoms with Crippen LogP contribution >= 0.6 is 11.6 Å². The van der Waals surface area contributed by atoms with Gasteiger partial charge in [-0.1, -0.05) is 31.9 Å². The van der Waals surface area contributed by atoms with Gasteiger partial charge in [-0.15, -0.1) is 0 Å². The second kappa shape index (κ2) is 5.37. The maximum atomic E-state index is 13.5. The van der Waals surface area contributed by atoms with Gasteiger partial charge in [0.15, 0.2) is 11.6 Å². The Morgan fingerprint density at radius 1 is 1.32 bits per heavy atom. The van der Waals surface area contributed by atoms with Crippen molar-refractivity contribution < 1.29 is 8.78 Å². The van der Waals surface area contributed by atoms with E-state index in [4.69, 9.17) is 11.6 Å². The molecule has 0 saturated heterocycles. The van der Waals surface area contributed by atoms with Crippen LogP contribution in [0.2, 0.25) is 5.02 Å². The molecule has 1 aliphatic carbocycles. The molecule has 2 unspecified atom stereocenters. The van der Waals surface area contributed by atoms with Crippen LogP contribution < -0.4 is 5.32 Å². The van der Waals surface area contributed by atoms with Crippen LogP contribution in [0, 0.1) is 23.0 Å². The van der Waals surface area contributed by atoms with Crippen LogP contribution in [0.25, 0.3) is 0 Å². The minimum Gasteiger partial charge on any atom is -0.313 e. The number of nitrogens with one attached hydrogen (secondary N) is 1. The SMILES string of the molecule is CNC(c1cc(F)c(F)cc1Cl)C1CCCC1(C)C. The predicted molar refractivity (Wildman–Crippen MR) is 74.3 cm³/mol. The summed E-state index contributed by atoms with van der Waals surface area (Å²) in [6.07, 6.45) is 3.39. The zero-order valence-corrected chi connectivity index (χ0v) is 12.3. The van der Waals surface area contributed by atoms with Gasteiger partial charge < -0.3 is 5.32 Å². The molecule has 2 atom stereocenters. The summed E-state index contributed by atoms with van der Waals surface area (Å²) in [6, 6.07) is 2.26. The average molecular weight is 288 g/mol. The molecule has 2 rings (SSSR count). The number of rotatable bonds is 3. The van der Waals surface area contributed by atoms with Crippen molar-refractivity contribution >= 4 is 11.6 Å². The van der Waals surface area contributed by atoms with Crippen molar-refractivity contribution in [2.24, 2.45) is 11.3 Å². The minimum atomic E-state index is -0.894. The Bertz CT molecular complexity index is 473. The van der Waals surface area contributed by atoms with E-state index in [0.717, 1.165) is 25.3 Å². The number of hydrogen-bond acceptors (Lipinski definition) is 1. The molecular formula is C15H20ClF2N. The van der Waals surface area contributed by atoms with Gasteiger partial charge >= 0.3 is 0 Å². The fourth-order valence-corrected chi connectivity index (χ4v) is 3.59. The lowest BCUT2D eigenvalue weighted by Gasteiger charge is -2.34. The molecule has 0 spiro atoms. The number of halogens is 3. The summed E-state index contributed by atoms with van der Waals surface area (Å²) in [4.78, 5) is 0. The van der Waals surface area contributed by atoms with E-state index in [2.05, 4.69) is 19.2 Å². The largest absolute Gasteiger partial charge is 0.313 e. The van der Waals surface area contributed by atoms with Crippen LogP contribution in [0.15, 0.2) is 12.1 Å². The third kappa shape index (κ3) is 2.77. The van der Waals surface area contributed by atoms with E-state index in [1.807, 2.05) is 7.05 Å². The first kappa shape index (κ1) is 14.7. The van der Waals surface area contributed by atoms with Gasteiger partial charge in [-0.3, -0.25) is 0 Å². The Kier molecular flexibility index (Phi) is 4.17. The number of hydrogen-bond donors (Lipinski definition) is 1. The lowest BCUT2D eigenvalue weighted by molar-refractivity contribution is 0.203. The standard InChI is InChI=1S/C15H20ClF2N/c1-15(2)6-4-5-10(15)14(19-3)9-7-12(17)13(18)8-11(9)16/h7-8,10,14,19H,4-6H2,1-3H3. The van der Waals surface area contributed by atoms with Crippen LogP contribution in [0.3, 0.4) is 0 Å². The molecular weight excluding hydrogens is 268 g/mol. The molecule has 0 radical (unpaired) electrons. The molecule has 1 saturated carbocycles. The molecule has 0 aromatic heterocycles. The molecule has 0 heterocycles. The van der Waals surface area contributed by atoms with E-state index in [1.165, 1.54) is 6.07 Å². The third-order valence-corrected chi connectivity index (χ3v) is 4.76. The molecule has 1 aromatic carbocycles. The van der Waals surface area contributed by atoms with Crippen molar-refractivity contribution in [2.45, 2.75) is 39.2 Å². The van der Waals surface area contributed by atoms with E-state index in [9.17, 15) is 8.78 Å². The summed E-state index contributed by atoms with van der Waals surface area (Å²) in [5.41, 5.74) is 0.838. The zero-order valence-electron chi connectivity index (χ0n) is 11.6. The van der Waals surface area contributed by atoms with Gasteiger partial charge in [0, 0.05) is 11.1 Å². The van der Waals surface area contributed by atoms with Crippen LogP contribution in [-0.2, 0) is 0 Å². The molecule has 1 nitrogen and oxygen atoms in total. The topological polar surface area (TPSA) is 12.0 Å². The minimum absolute atomic E-state index is 0.0416. The molecule has 1 aromatic rings. The Hall–Kier alpha value is -0.670. The van der Waals surface area contributed by atoms with Crippen LogP contribution in [0.4, 0.5) is 8.78 Å². The average Bonchev–Trinajstić information content (AvgIpc) is 2.67. The van der Waals surface area contributed by atoms with Gasteiger partial charge in [-0.2, -0.15) is 0 Å². The Morgan fingerprint density at radius 2 is 1.95 bits per heavy atom. The monoisotopic (exact) mass is 287 g/mol. The van der Waals surface area contributed by atoms with E-state index < -0.39 is 11.6 Å². The zero-order chi connectivity index (χ0) is 14.2. The molecule has 19 heavy (non-hydrogen) atoms. The lowest BCUT2D eigenvalue weighted by Crippen LogP contribution is -2.32. The summed E-state index contributed by atoms with van der Waals surface area (Å²) < 4.78 is 26.7. The van der Waals surface area contributed by atoms with E-state index in [-0.39, 0.29) is 11.5 Å². The van der Waals surface area contributed by atoms with Crippen molar-refractivity contribution in [3.8, 4) is 0 Å². The first-order chi connectivity index (χ1) is 8.86. The van der Waals surface area contributed by atoms with Crippen molar-refractivity contribution in [1.82, 2.24) is 5.32 Å². The van der Waals surface area contributed by atoms with Gasteiger partial charge in [-0.25, -0.2) is 8.78 Å². The quantitative estimate of drug-likeness (QED) is 0.794.